The Bertz CT molecular complexity index is 521. The van der Waals surface area contributed by atoms with Crippen LogP contribution in [0.5, 0.6) is 5.75 Å². The molecule has 3 rings (SSSR count). The molecule has 0 spiro atoms. The molecule has 23 heavy (non-hydrogen) atoms. The quantitative estimate of drug-likeness (QED) is 0.830. The van der Waals surface area contributed by atoms with Crippen LogP contribution in [-0.4, -0.2) is 68.6 Å². The molecule has 126 valence electrons. The SMILES string of the molecule is COc1ccccc1N1CCN(C(=O)CCN2CCCC2)CC1. The second-order valence-corrected chi connectivity index (χ2v) is 6.34. The summed E-state index contributed by atoms with van der Waals surface area (Å²) in [5, 5.41) is 0. The Morgan fingerprint density at radius 2 is 1.74 bits per heavy atom. The maximum absolute atomic E-state index is 12.4. The lowest BCUT2D eigenvalue weighted by Crippen LogP contribution is -2.49. The fourth-order valence-corrected chi connectivity index (χ4v) is 3.51. The van der Waals surface area contributed by atoms with Gasteiger partial charge in [-0.15, -0.1) is 0 Å². The molecule has 1 aromatic carbocycles. The highest BCUT2D eigenvalue weighted by Crippen LogP contribution is 2.28. The lowest BCUT2D eigenvalue weighted by molar-refractivity contribution is -0.131. The second-order valence-electron chi connectivity index (χ2n) is 6.34. The van der Waals surface area contributed by atoms with Gasteiger partial charge in [-0.3, -0.25) is 4.79 Å². The van der Waals surface area contributed by atoms with Crippen molar-refractivity contribution in [3.8, 4) is 5.75 Å². The van der Waals surface area contributed by atoms with Gasteiger partial charge in [0.2, 0.25) is 5.91 Å². The molecule has 2 saturated heterocycles. The first-order chi connectivity index (χ1) is 11.3. The van der Waals surface area contributed by atoms with Crippen LogP contribution in [0.4, 0.5) is 5.69 Å². The van der Waals surface area contributed by atoms with Crippen molar-refractivity contribution >= 4 is 11.6 Å². The minimum absolute atomic E-state index is 0.302. The van der Waals surface area contributed by atoms with Crippen LogP contribution in [0.1, 0.15) is 19.3 Å². The van der Waals surface area contributed by atoms with Crippen molar-refractivity contribution < 1.29 is 9.53 Å². The summed E-state index contributed by atoms with van der Waals surface area (Å²) >= 11 is 0. The monoisotopic (exact) mass is 317 g/mol. The number of methoxy groups -OCH3 is 1. The Morgan fingerprint density at radius 3 is 2.43 bits per heavy atom. The van der Waals surface area contributed by atoms with Crippen molar-refractivity contribution in [2.45, 2.75) is 19.3 Å². The summed E-state index contributed by atoms with van der Waals surface area (Å²) in [4.78, 5) is 19.1. The van der Waals surface area contributed by atoms with Crippen LogP contribution in [0, 0.1) is 0 Å². The van der Waals surface area contributed by atoms with Gasteiger partial charge in [0.05, 0.1) is 12.8 Å². The fourth-order valence-electron chi connectivity index (χ4n) is 3.51. The summed E-state index contributed by atoms with van der Waals surface area (Å²) in [6.07, 6.45) is 3.23. The molecule has 0 aromatic heterocycles. The van der Waals surface area contributed by atoms with Crippen molar-refractivity contribution in [3.05, 3.63) is 24.3 Å². The number of para-hydroxylation sites is 2. The molecule has 1 amide bonds. The summed E-state index contributed by atoms with van der Waals surface area (Å²) in [5.41, 5.74) is 1.12. The van der Waals surface area contributed by atoms with Crippen LogP contribution in [0.15, 0.2) is 24.3 Å². The van der Waals surface area contributed by atoms with Gasteiger partial charge in [-0.25, -0.2) is 0 Å². The van der Waals surface area contributed by atoms with Crippen LogP contribution < -0.4 is 9.64 Å². The van der Waals surface area contributed by atoms with Crippen LogP contribution in [-0.2, 0) is 4.79 Å². The highest BCUT2D eigenvalue weighted by Gasteiger charge is 2.23. The van der Waals surface area contributed by atoms with Crippen LogP contribution in [0.3, 0.4) is 0 Å². The lowest BCUT2D eigenvalue weighted by atomic mass is 10.2. The normalized spacial score (nSPS) is 19.2. The average Bonchev–Trinajstić information content (AvgIpc) is 3.13. The topological polar surface area (TPSA) is 36.0 Å². The minimum atomic E-state index is 0.302. The molecule has 2 aliphatic heterocycles. The van der Waals surface area contributed by atoms with Crippen molar-refractivity contribution in [2.75, 3.05) is 57.8 Å². The molecule has 0 bridgehead atoms. The number of carbonyl (C=O) groups excluding carboxylic acids is 1. The molecule has 0 unspecified atom stereocenters. The van der Waals surface area contributed by atoms with E-state index in [0.29, 0.717) is 12.3 Å². The average molecular weight is 317 g/mol. The van der Waals surface area contributed by atoms with E-state index in [1.807, 2.05) is 23.1 Å². The number of rotatable bonds is 5. The number of carbonyl (C=O) groups is 1. The number of piperazine rings is 1. The second kappa shape index (κ2) is 7.68. The van der Waals surface area contributed by atoms with Crippen LogP contribution in [0.2, 0.25) is 0 Å². The number of anilines is 1. The number of amides is 1. The van der Waals surface area contributed by atoms with E-state index in [1.165, 1.54) is 12.8 Å². The Hall–Kier alpha value is -1.75. The molecule has 0 atom stereocenters. The molecule has 5 nitrogen and oxygen atoms in total. The Morgan fingerprint density at radius 1 is 1.04 bits per heavy atom. The van der Waals surface area contributed by atoms with Crippen LogP contribution >= 0.6 is 0 Å². The highest BCUT2D eigenvalue weighted by atomic mass is 16.5. The molecule has 2 heterocycles. The molecule has 2 fully saturated rings. The predicted octanol–water partition coefficient (Wildman–Crippen LogP) is 1.83. The fraction of sp³-hybridized carbons (Fsp3) is 0.611. The standard InChI is InChI=1S/C18H27N3O2/c1-23-17-7-3-2-6-16(17)20-12-14-21(15-13-20)18(22)8-11-19-9-4-5-10-19/h2-3,6-7H,4-5,8-15H2,1H3. The first kappa shape index (κ1) is 16.1. The number of hydrogen-bond donors (Lipinski definition) is 0. The summed E-state index contributed by atoms with van der Waals surface area (Å²) in [6.45, 7) is 6.59. The largest absolute Gasteiger partial charge is 0.495 e. The van der Waals surface area contributed by atoms with E-state index in [1.54, 1.807) is 7.11 Å². The highest BCUT2D eigenvalue weighted by molar-refractivity contribution is 5.76. The van der Waals surface area contributed by atoms with Gasteiger partial charge in [-0.1, -0.05) is 12.1 Å². The third-order valence-electron chi connectivity index (χ3n) is 4.90. The van der Waals surface area contributed by atoms with E-state index < -0.39 is 0 Å². The number of nitrogens with zero attached hydrogens (tertiary/aromatic N) is 3. The molecular formula is C18H27N3O2. The van der Waals surface area contributed by atoms with Gasteiger partial charge in [-0.2, -0.15) is 0 Å². The van der Waals surface area contributed by atoms with E-state index >= 15 is 0 Å². The Kier molecular flexibility index (Phi) is 5.39. The summed E-state index contributed by atoms with van der Waals surface area (Å²) < 4.78 is 5.44. The molecule has 0 saturated carbocycles. The van der Waals surface area contributed by atoms with Gasteiger partial charge in [0.1, 0.15) is 5.75 Å². The van der Waals surface area contributed by atoms with Crippen molar-refractivity contribution in [2.24, 2.45) is 0 Å². The van der Waals surface area contributed by atoms with Gasteiger partial charge in [-0.05, 0) is 38.1 Å². The number of hydrogen-bond acceptors (Lipinski definition) is 4. The van der Waals surface area contributed by atoms with Gasteiger partial charge < -0.3 is 19.4 Å². The zero-order chi connectivity index (χ0) is 16.1. The van der Waals surface area contributed by atoms with E-state index in [4.69, 9.17) is 4.74 Å². The lowest BCUT2D eigenvalue weighted by Gasteiger charge is -2.36. The van der Waals surface area contributed by atoms with Crippen molar-refractivity contribution in [1.29, 1.82) is 0 Å². The van der Waals surface area contributed by atoms with E-state index in [9.17, 15) is 4.79 Å². The van der Waals surface area contributed by atoms with E-state index in [0.717, 1.165) is 57.3 Å². The molecular weight excluding hydrogens is 290 g/mol. The summed E-state index contributed by atoms with van der Waals surface area (Å²) in [5.74, 6) is 1.21. The zero-order valence-corrected chi connectivity index (χ0v) is 14.0. The molecule has 2 aliphatic rings. The number of ether oxygens (including phenoxy) is 1. The number of likely N-dealkylation sites (tertiary alicyclic amines) is 1. The predicted molar refractivity (Wildman–Crippen MR) is 92.1 cm³/mol. The first-order valence-corrected chi connectivity index (χ1v) is 8.66. The van der Waals surface area contributed by atoms with Gasteiger partial charge in [0.15, 0.2) is 0 Å². The van der Waals surface area contributed by atoms with E-state index in [-0.39, 0.29) is 0 Å². The summed E-state index contributed by atoms with van der Waals surface area (Å²) in [6, 6.07) is 8.10. The smallest absolute Gasteiger partial charge is 0.223 e. The minimum Gasteiger partial charge on any atom is -0.495 e. The molecule has 5 heteroatoms. The number of benzene rings is 1. The van der Waals surface area contributed by atoms with Crippen molar-refractivity contribution in [1.82, 2.24) is 9.80 Å². The maximum atomic E-state index is 12.4. The summed E-state index contributed by atoms with van der Waals surface area (Å²) in [7, 11) is 1.71. The van der Waals surface area contributed by atoms with Gasteiger partial charge in [0.25, 0.3) is 0 Å². The van der Waals surface area contributed by atoms with Gasteiger partial charge >= 0.3 is 0 Å². The molecule has 0 aliphatic carbocycles. The Labute approximate surface area is 138 Å². The molecule has 1 aromatic rings. The Balaban J connectivity index is 1.48. The van der Waals surface area contributed by atoms with Crippen molar-refractivity contribution in [3.63, 3.8) is 0 Å². The van der Waals surface area contributed by atoms with Gasteiger partial charge in [0, 0.05) is 39.1 Å². The van der Waals surface area contributed by atoms with Crippen LogP contribution in [0.25, 0.3) is 0 Å². The van der Waals surface area contributed by atoms with E-state index in [2.05, 4.69) is 15.9 Å². The first-order valence-electron chi connectivity index (χ1n) is 8.66. The molecule has 0 N–H and O–H groups in total. The third kappa shape index (κ3) is 3.96. The zero-order valence-electron chi connectivity index (χ0n) is 14.0. The third-order valence-corrected chi connectivity index (χ3v) is 4.90. The molecule has 0 radical (unpaired) electrons. The maximum Gasteiger partial charge on any atom is 0.223 e.